The fourth-order valence-electron chi connectivity index (χ4n) is 5.12. The first-order valence-corrected chi connectivity index (χ1v) is 15.5. The number of nitrogens with zero attached hydrogens (tertiary/aromatic N) is 8. The van der Waals surface area contributed by atoms with Crippen molar-refractivity contribution >= 4 is 55.7 Å². The Morgan fingerprint density at radius 3 is 1.32 bits per heavy atom. The molecule has 0 amide bonds. The molecule has 0 spiro atoms. The van der Waals surface area contributed by atoms with E-state index in [2.05, 4.69) is 82.2 Å². The zero-order valence-corrected chi connectivity index (χ0v) is 25.9. The molecule has 1 aliphatic heterocycles. The van der Waals surface area contributed by atoms with E-state index in [9.17, 15) is 0 Å². The van der Waals surface area contributed by atoms with Crippen molar-refractivity contribution in [2.24, 2.45) is 34.6 Å². The van der Waals surface area contributed by atoms with Crippen molar-refractivity contribution in [2.45, 2.75) is 40.5 Å². The van der Waals surface area contributed by atoms with Crippen molar-refractivity contribution in [1.29, 1.82) is 0 Å². The minimum absolute atomic E-state index is 0.895. The number of rotatable bonds is 6. The third kappa shape index (κ3) is 6.28. The summed E-state index contributed by atoms with van der Waals surface area (Å²) in [5.74, 6) is 0. The first-order chi connectivity index (χ1) is 19.3. The molecule has 0 aliphatic carbocycles. The summed E-state index contributed by atoms with van der Waals surface area (Å²) >= 11 is 3.19. The fraction of sp³-hybridized carbons (Fsp3) is 0.400. The lowest BCUT2D eigenvalue weighted by Crippen LogP contribution is -2.37. The van der Waals surface area contributed by atoms with Crippen molar-refractivity contribution in [3.8, 4) is 0 Å². The van der Waals surface area contributed by atoms with E-state index < -0.39 is 0 Å². The molecule has 0 unspecified atom stereocenters. The maximum Gasteiger partial charge on any atom is 0.408 e. The summed E-state index contributed by atoms with van der Waals surface area (Å²) in [6, 6.07) is 8.93. The molecule has 2 aromatic carbocycles. The van der Waals surface area contributed by atoms with Gasteiger partial charge in [-0.15, -0.1) is 0 Å². The van der Waals surface area contributed by atoms with E-state index in [1.807, 2.05) is 46.4 Å². The van der Waals surface area contributed by atoms with Crippen LogP contribution in [-0.2, 0) is 14.1 Å². The van der Waals surface area contributed by atoms with Crippen LogP contribution in [0.2, 0.25) is 0 Å². The van der Waals surface area contributed by atoms with Crippen LogP contribution < -0.4 is 18.9 Å². The molecule has 0 saturated carbocycles. The molecule has 1 saturated heterocycles. The van der Waals surface area contributed by atoms with Gasteiger partial charge >= 0.3 is 10.3 Å². The number of aromatic nitrogens is 2. The van der Waals surface area contributed by atoms with Crippen LogP contribution in [0, 0.1) is 27.7 Å². The topological polar surface area (TPSA) is 63.7 Å². The molecule has 5 rings (SSSR count). The molecule has 3 heterocycles. The van der Waals surface area contributed by atoms with Gasteiger partial charge in [0, 0.05) is 48.3 Å². The van der Waals surface area contributed by atoms with Gasteiger partial charge < -0.3 is 9.80 Å². The Hall–Kier alpha value is -3.50. The molecule has 0 radical (unpaired) electrons. The Bertz CT molecular complexity index is 1430. The van der Waals surface area contributed by atoms with Gasteiger partial charge in [-0.1, -0.05) is 0 Å². The molecular weight excluding hydrogens is 537 g/mol. The van der Waals surface area contributed by atoms with Crippen LogP contribution in [0.15, 0.2) is 67.9 Å². The van der Waals surface area contributed by atoms with Gasteiger partial charge in [0.2, 0.25) is 0 Å². The predicted octanol–water partition coefficient (Wildman–Crippen LogP) is 7.63. The summed E-state index contributed by atoms with van der Waals surface area (Å²) in [6.07, 6.45) is 6.20. The molecule has 2 aromatic heterocycles. The molecule has 10 heteroatoms. The molecule has 0 bridgehead atoms. The van der Waals surface area contributed by atoms with Gasteiger partial charge in [-0.25, -0.2) is 9.13 Å². The summed E-state index contributed by atoms with van der Waals surface area (Å²) in [4.78, 5) is 5.10. The number of azo groups is 2. The standard InChI is InChI=1S/C30H38N8S2/c1-21-19-27(23(3)17-25(21)31-33-29-35(5)13-15-39-29)37-9-7-11-38(12-8-10-37)28-20-22(2)26(18-24(28)4)32-34-30-36(6)14-16-40-30/h13-20H,7-12H2,1-6H3/q+2. The number of thiazole rings is 2. The molecule has 8 nitrogen and oxygen atoms in total. The molecular formula is C30H38N8S2+2. The van der Waals surface area contributed by atoms with E-state index in [0.717, 1.165) is 71.8 Å². The maximum atomic E-state index is 4.56. The van der Waals surface area contributed by atoms with Gasteiger partial charge in [-0.3, -0.25) is 0 Å². The molecule has 1 fully saturated rings. The first kappa shape index (κ1) is 28.0. The molecule has 40 heavy (non-hydrogen) atoms. The Morgan fingerprint density at radius 1 is 0.575 bits per heavy atom. The average molecular weight is 575 g/mol. The maximum absolute atomic E-state index is 4.56. The van der Waals surface area contributed by atoms with Crippen LogP contribution in [0.1, 0.15) is 35.1 Å². The van der Waals surface area contributed by atoms with Gasteiger partial charge in [0.15, 0.2) is 0 Å². The Balaban J connectivity index is 1.25. The lowest BCUT2D eigenvalue weighted by Gasteiger charge is -2.34. The highest BCUT2D eigenvalue weighted by Gasteiger charge is 2.19. The van der Waals surface area contributed by atoms with Crippen molar-refractivity contribution in [1.82, 2.24) is 0 Å². The van der Waals surface area contributed by atoms with E-state index in [0.29, 0.717) is 0 Å². The lowest BCUT2D eigenvalue weighted by molar-refractivity contribution is -0.654. The highest BCUT2D eigenvalue weighted by atomic mass is 32.1. The van der Waals surface area contributed by atoms with Gasteiger partial charge in [-0.2, -0.15) is 0 Å². The summed E-state index contributed by atoms with van der Waals surface area (Å²) < 4.78 is 3.98. The molecule has 0 N–H and O–H groups in total. The highest BCUT2D eigenvalue weighted by molar-refractivity contribution is 7.13. The summed E-state index contributed by atoms with van der Waals surface area (Å²) in [5, 5.41) is 23.9. The van der Waals surface area contributed by atoms with E-state index in [4.69, 9.17) is 0 Å². The third-order valence-corrected chi connectivity index (χ3v) is 9.10. The van der Waals surface area contributed by atoms with Crippen LogP contribution in [0.25, 0.3) is 0 Å². The summed E-state index contributed by atoms with van der Waals surface area (Å²) in [7, 11) is 3.98. The average Bonchev–Trinajstić information content (AvgIpc) is 3.52. The zero-order valence-electron chi connectivity index (χ0n) is 24.3. The number of hydrogen-bond donors (Lipinski definition) is 0. The van der Waals surface area contributed by atoms with Crippen molar-refractivity contribution in [3.05, 3.63) is 69.7 Å². The Labute approximate surface area is 245 Å². The van der Waals surface area contributed by atoms with Crippen molar-refractivity contribution in [3.63, 3.8) is 0 Å². The first-order valence-electron chi connectivity index (χ1n) is 13.7. The zero-order chi connectivity index (χ0) is 28.2. The fourth-order valence-corrected chi connectivity index (χ4v) is 6.48. The lowest BCUT2D eigenvalue weighted by atomic mass is 10.0. The van der Waals surface area contributed by atoms with Gasteiger partial charge in [-0.05, 0) is 120 Å². The summed E-state index contributed by atoms with van der Waals surface area (Å²) in [6.45, 7) is 12.8. The number of anilines is 2. The van der Waals surface area contributed by atoms with E-state index in [1.54, 1.807) is 22.7 Å². The molecule has 208 valence electrons. The largest absolute Gasteiger partial charge is 0.408 e. The molecule has 4 aromatic rings. The second-order valence-corrected chi connectivity index (χ2v) is 12.3. The van der Waals surface area contributed by atoms with Crippen LogP contribution in [0.4, 0.5) is 33.0 Å². The Morgan fingerprint density at radius 2 is 0.975 bits per heavy atom. The molecule has 1 aliphatic rings. The number of benzene rings is 2. The van der Waals surface area contributed by atoms with Crippen LogP contribution in [0.3, 0.4) is 0 Å². The van der Waals surface area contributed by atoms with Crippen LogP contribution >= 0.6 is 22.7 Å². The van der Waals surface area contributed by atoms with E-state index >= 15 is 0 Å². The minimum Gasteiger partial charge on any atom is -0.371 e. The summed E-state index contributed by atoms with van der Waals surface area (Å²) in [5.41, 5.74) is 9.31. The quantitative estimate of drug-likeness (QED) is 0.176. The normalized spacial score (nSPS) is 14.8. The monoisotopic (exact) mass is 574 g/mol. The van der Waals surface area contributed by atoms with Crippen LogP contribution in [0.5, 0.6) is 0 Å². The minimum atomic E-state index is 0.895. The van der Waals surface area contributed by atoms with Gasteiger partial charge in [0.25, 0.3) is 0 Å². The van der Waals surface area contributed by atoms with E-state index in [1.165, 1.54) is 22.5 Å². The third-order valence-electron chi connectivity index (χ3n) is 7.43. The van der Waals surface area contributed by atoms with Gasteiger partial charge in [0.05, 0.1) is 24.3 Å². The Kier molecular flexibility index (Phi) is 8.66. The smallest absolute Gasteiger partial charge is 0.371 e. The van der Waals surface area contributed by atoms with Crippen molar-refractivity contribution < 1.29 is 9.13 Å². The predicted molar refractivity (Wildman–Crippen MR) is 165 cm³/mol. The SMILES string of the molecule is Cc1cc(N2CCCN(c3cc(C)c(/N=N/c4scc[n+]4C)cc3C)CCC2)c(C)cc1/N=N/c1scc[n+]1C. The molecule has 0 atom stereocenters. The van der Waals surface area contributed by atoms with E-state index in [-0.39, 0.29) is 0 Å². The van der Waals surface area contributed by atoms with Crippen LogP contribution in [-0.4, -0.2) is 26.2 Å². The highest BCUT2D eigenvalue weighted by Crippen LogP contribution is 2.33. The van der Waals surface area contributed by atoms with Crippen molar-refractivity contribution in [2.75, 3.05) is 36.0 Å². The number of hydrogen-bond acceptors (Lipinski definition) is 8. The van der Waals surface area contributed by atoms with Gasteiger partial charge in [0.1, 0.15) is 23.8 Å². The number of aryl methyl sites for hydroxylation is 6. The second kappa shape index (κ2) is 12.3. The second-order valence-electron chi connectivity index (χ2n) is 10.5.